The van der Waals surface area contributed by atoms with Crippen LogP contribution >= 0.6 is 11.6 Å². The van der Waals surface area contributed by atoms with Crippen LogP contribution in [0.2, 0.25) is 0 Å². The van der Waals surface area contributed by atoms with E-state index < -0.39 is 0 Å². The lowest BCUT2D eigenvalue weighted by molar-refractivity contribution is 0.0580. The maximum Gasteiger partial charge on any atom is 0.254 e. The second kappa shape index (κ2) is 6.29. The summed E-state index contributed by atoms with van der Waals surface area (Å²) >= 11 is 5.74. The summed E-state index contributed by atoms with van der Waals surface area (Å²) in [6, 6.07) is 5.40. The van der Waals surface area contributed by atoms with Gasteiger partial charge in [-0.15, -0.1) is 11.6 Å². The highest BCUT2D eigenvalue weighted by Crippen LogP contribution is 2.27. The molecule has 0 atom stereocenters. The molecule has 1 fully saturated rings. The molecule has 1 amide bonds. The molecule has 0 aliphatic heterocycles. The molecule has 1 aromatic rings. The Kier molecular flexibility index (Phi) is 4.70. The number of phenolic OH excluding ortho intramolecular Hbond substituents is 1. The summed E-state index contributed by atoms with van der Waals surface area (Å²) in [5.74, 6) is 0.857. The van der Waals surface area contributed by atoms with Crippen LogP contribution < -0.4 is 0 Å². The normalized spacial score (nSPS) is 15.1. The van der Waals surface area contributed by atoms with Gasteiger partial charge in [0.1, 0.15) is 5.75 Å². The van der Waals surface area contributed by atoms with Crippen molar-refractivity contribution < 1.29 is 9.90 Å². The molecular weight excluding hydrogens is 262 g/mol. The first-order valence-electron chi connectivity index (χ1n) is 6.80. The van der Waals surface area contributed by atoms with Crippen molar-refractivity contribution in [3.05, 3.63) is 29.3 Å². The first kappa shape index (κ1) is 14.2. The second-order valence-electron chi connectivity index (χ2n) is 5.13. The molecule has 1 aliphatic carbocycles. The summed E-state index contributed by atoms with van der Waals surface area (Å²) in [6.45, 7) is 2.52. The van der Waals surface area contributed by atoms with E-state index in [1.165, 1.54) is 6.42 Å². The van der Waals surface area contributed by atoms with Gasteiger partial charge in [-0.05, 0) is 56.4 Å². The summed E-state index contributed by atoms with van der Waals surface area (Å²) in [5, 5.41) is 9.53. The molecule has 0 saturated heterocycles. The van der Waals surface area contributed by atoms with E-state index in [1.54, 1.807) is 25.1 Å². The van der Waals surface area contributed by atoms with Crippen molar-refractivity contribution in [3.8, 4) is 5.75 Å². The third-order valence-electron chi connectivity index (χ3n) is 3.75. The van der Waals surface area contributed by atoms with Gasteiger partial charge in [-0.3, -0.25) is 4.79 Å². The van der Waals surface area contributed by atoms with Crippen LogP contribution in [0.3, 0.4) is 0 Å². The first-order chi connectivity index (χ1) is 9.13. The average Bonchev–Trinajstić information content (AvgIpc) is 2.34. The van der Waals surface area contributed by atoms with Gasteiger partial charge in [0.05, 0.1) is 0 Å². The van der Waals surface area contributed by atoms with Crippen LogP contribution in [0, 0.1) is 6.92 Å². The van der Waals surface area contributed by atoms with Gasteiger partial charge >= 0.3 is 0 Å². The van der Waals surface area contributed by atoms with Crippen LogP contribution in [-0.4, -0.2) is 34.4 Å². The maximum atomic E-state index is 12.5. The minimum absolute atomic E-state index is 0.0536. The van der Waals surface area contributed by atoms with Gasteiger partial charge < -0.3 is 10.0 Å². The van der Waals surface area contributed by atoms with Gasteiger partial charge in [0, 0.05) is 24.0 Å². The van der Waals surface area contributed by atoms with E-state index in [2.05, 4.69) is 0 Å². The number of amides is 1. The smallest absolute Gasteiger partial charge is 0.254 e. The maximum absolute atomic E-state index is 12.5. The largest absolute Gasteiger partial charge is 0.508 e. The monoisotopic (exact) mass is 281 g/mol. The number of benzene rings is 1. The number of phenols is 1. The molecule has 2 rings (SSSR count). The lowest BCUT2D eigenvalue weighted by atomic mass is 9.90. The van der Waals surface area contributed by atoms with Crippen molar-refractivity contribution in [2.75, 3.05) is 12.4 Å². The Hall–Kier alpha value is -1.22. The van der Waals surface area contributed by atoms with Gasteiger partial charge in [-0.2, -0.15) is 0 Å². The molecule has 0 heterocycles. The van der Waals surface area contributed by atoms with E-state index in [-0.39, 0.29) is 11.7 Å². The van der Waals surface area contributed by atoms with Crippen molar-refractivity contribution in [1.29, 1.82) is 0 Å². The van der Waals surface area contributed by atoms with Crippen LogP contribution in [0.5, 0.6) is 5.75 Å². The molecule has 0 spiro atoms. The Morgan fingerprint density at radius 2 is 2.21 bits per heavy atom. The molecule has 1 aliphatic rings. The molecule has 104 valence electrons. The molecule has 0 aromatic heterocycles. The molecule has 1 saturated carbocycles. The van der Waals surface area contributed by atoms with Crippen LogP contribution in [-0.2, 0) is 0 Å². The highest BCUT2D eigenvalue weighted by atomic mass is 35.5. The zero-order valence-electron chi connectivity index (χ0n) is 11.2. The number of rotatable bonds is 5. The van der Waals surface area contributed by atoms with Gasteiger partial charge in [-0.1, -0.05) is 0 Å². The van der Waals surface area contributed by atoms with Gasteiger partial charge in [0.2, 0.25) is 0 Å². The van der Waals surface area contributed by atoms with Crippen molar-refractivity contribution in [2.45, 2.75) is 38.6 Å². The number of hydrogen-bond acceptors (Lipinski definition) is 2. The summed E-state index contributed by atoms with van der Waals surface area (Å²) < 4.78 is 0. The number of aryl methyl sites for hydroxylation is 1. The molecule has 4 heteroatoms. The Bertz CT molecular complexity index is 457. The van der Waals surface area contributed by atoms with E-state index in [1.807, 2.05) is 4.90 Å². The van der Waals surface area contributed by atoms with Crippen molar-refractivity contribution in [3.63, 3.8) is 0 Å². The first-order valence-corrected chi connectivity index (χ1v) is 7.33. The summed E-state index contributed by atoms with van der Waals surface area (Å²) in [6.07, 6.45) is 4.20. The number of halogens is 1. The molecule has 1 aromatic carbocycles. The van der Waals surface area contributed by atoms with Crippen LogP contribution in [0.25, 0.3) is 0 Å². The van der Waals surface area contributed by atoms with Gasteiger partial charge in [0.25, 0.3) is 5.91 Å². The fraction of sp³-hybridized carbons (Fsp3) is 0.533. The number of carbonyl (C=O) groups excluding carboxylic acids is 1. The SMILES string of the molecule is Cc1cc(C(=O)N(CCCCl)C2CCC2)ccc1O. The van der Waals surface area contributed by atoms with Crippen LogP contribution in [0.15, 0.2) is 18.2 Å². The molecule has 0 unspecified atom stereocenters. The number of alkyl halides is 1. The zero-order chi connectivity index (χ0) is 13.8. The Labute approximate surface area is 119 Å². The molecule has 0 bridgehead atoms. The highest BCUT2D eigenvalue weighted by Gasteiger charge is 2.29. The number of hydrogen-bond donors (Lipinski definition) is 1. The van der Waals surface area contributed by atoms with Crippen molar-refractivity contribution in [1.82, 2.24) is 4.90 Å². The minimum atomic E-state index is 0.0536. The number of aromatic hydroxyl groups is 1. The lowest BCUT2D eigenvalue weighted by Gasteiger charge is -2.37. The second-order valence-corrected chi connectivity index (χ2v) is 5.51. The summed E-state index contributed by atoms with van der Waals surface area (Å²) in [5.41, 5.74) is 1.38. The zero-order valence-corrected chi connectivity index (χ0v) is 12.0. The quantitative estimate of drug-likeness (QED) is 0.841. The van der Waals surface area contributed by atoms with E-state index in [0.29, 0.717) is 24.0 Å². The Morgan fingerprint density at radius 1 is 1.47 bits per heavy atom. The van der Waals surface area contributed by atoms with Crippen LogP contribution in [0.4, 0.5) is 0 Å². The topological polar surface area (TPSA) is 40.5 Å². The molecule has 3 nitrogen and oxygen atoms in total. The summed E-state index contributed by atoms with van der Waals surface area (Å²) in [7, 11) is 0. The predicted molar refractivity (Wildman–Crippen MR) is 76.9 cm³/mol. The van der Waals surface area contributed by atoms with E-state index in [9.17, 15) is 9.90 Å². The van der Waals surface area contributed by atoms with Gasteiger partial charge in [-0.25, -0.2) is 0 Å². The fourth-order valence-electron chi connectivity index (χ4n) is 2.33. The minimum Gasteiger partial charge on any atom is -0.508 e. The van der Waals surface area contributed by atoms with E-state index in [4.69, 9.17) is 11.6 Å². The highest BCUT2D eigenvalue weighted by molar-refractivity contribution is 6.17. The third kappa shape index (κ3) is 3.21. The lowest BCUT2D eigenvalue weighted by Crippen LogP contribution is -2.44. The van der Waals surface area contributed by atoms with E-state index in [0.717, 1.165) is 24.8 Å². The molecule has 19 heavy (non-hydrogen) atoms. The fourth-order valence-corrected chi connectivity index (χ4v) is 2.45. The van der Waals surface area contributed by atoms with Crippen LogP contribution in [0.1, 0.15) is 41.6 Å². The third-order valence-corrected chi connectivity index (χ3v) is 4.02. The number of nitrogens with zero attached hydrogens (tertiary/aromatic N) is 1. The Balaban J connectivity index is 2.15. The van der Waals surface area contributed by atoms with Gasteiger partial charge in [0.15, 0.2) is 0 Å². The molecule has 0 radical (unpaired) electrons. The standard InChI is InChI=1S/C15H20ClNO2/c1-11-10-12(6-7-14(11)18)15(19)17(9-3-8-16)13-4-2-5-13/h6-7,10,13,18H,2-5,8-9H2,1H3. The molecular formula is C15H20ClNO2. The molecule has 1 N–H and O–H groups in total. The average molecular weight is 282 g/mol. The van der Waals surface area contributed by atoms with Crippen molar-refractivity contribution >= 4 is 17.5 Å². The van der Waals surface area contributed by atoms with E-state index >= 15 is 0 Å². The number of carbonyl (C=O) groups is 1. The Morgan fingerprint density at radius 3 is 2.74 bits per heavy atom. The summed E-state index contributed by atoms with van der Waals surface area (Å²) in [4.78, 5) is 14.5. The van der Waals surface area contributed by atoms with Crippen molar-refractivity contribution in [2.24, 2.45) is 0 Å². The predicted octanol–water partition coefficient (Wildman–Crippen LogP) is 3.32.